The first-order chi connectivity index (χ1) is 8.61. The maximum atomic E-state index is 10.7. The molecule has 0 aliphatic heterocycles. The van der Waals surface area contributed by atoms with Crippen molar-refractivity contribution in [3.05, 3.63) is 0 Å². The summed E-state index contributed by atoms with van der Waals surface area (Å²) in [6.45, 7) is 1.66. The molecule has 0 fully saturated rings. The van der Waals surface area contributed by atoms with Crippen molar-refractivity contribution in [1.29, 1.82) is 0 Å². The molecule has 0 spiro atoms. The highest BCUT2D eigenvalue weighted by Gasteiger charge is 2.27. The maximum absolute atomic E-state index is 10.7. The van der Waals surface area contributed by atoms with Crippen LogP contribution in [0, 0.1) is 0 Å². The molecule has 0 aliphatic rings. The van der Waals surface area contributed by atoms with Gasteiger partial charge in [0.05, 0.1) is 13.1 Å². The standard InChI is InChI=1S/C8H13NO6.C2H5NO.H3N/c1-2-5(8(14)15)9(3-6(10)11)4-7(12)13;1-2(3)4;/h5H,2-4H2,1H3,(H,10,11)(H,12,13)(H,14,15);1H3,(H2,3,4);1H3. The second-order valence-electron chi connectivity index (χ2n) is 3.57. The molecule has 0 aliphatic carbocycles. The van der Waals surface area contributed by atoms with Crippen molar-refractivity contribution in [1.82, 2.24) is 11.1 Å². The van der Waals surface area contributed by atoms with Gasteiger partial charge in [0.15, 0.2) is 0 Å². The largest absolute Gasteiger partial charge is 0.480 e. The van der Waals surface area contributed by atoms with Gasteiger partial charge in [0, 0.05) is 6.92 Å². The van der Waals surface area contributed by atoms with Gasteiger partial charge in [0.2, 0.25) is 5.91 Å². The van der Waals surface area contributed by atoms with Crippen molar-refractivity contribution in [2.45, 2.75) is 26.3 Å². The third-order valence-corrected chi connectivity index (χ3v) is 1.79. The van der Waals surface area contributed by atoms with E-state index in [-0.39, 0.29) is 18.5 Å². The molecule has 0 radical (unpaired) electrons. The second-order valence-corrected chi connectivity index (χ2v) is 3.57. The fourth-order valence-corrected chi connectivity index (χ4v) is 1.21. The van der Waals surface area contributed by atoms with Crippen LogP contribution in [0.2, 0.25) is 0 Å². The number of carbonyl (C=O) groups is 4. The van der Waals surface area contributed by atoms with E-state index in [1.807, 2.05) is 0 Å². The summed E-state index contributed by atoms with van der Waals surface area (Å²) in [4.78, 5) is 41.6. The third-order valence-electron chi connectivity index (χ3n) is 1.79. The van der Waals surface area contributed by atoms with Crippen LogP contribution in [0.15, 0.2) is 0 Å². The van der Waals surface area contributed by atoms with E-state index in [0.717, 1.165) is 4.90 Å². The summed E-state index contributed by atoms with van der Waals surface area (Å²) in [5.74, 6) is -4.06. The number of carboxylic acid groups (broad SMARTS) is 3. The highest BCUT2D eigenvalue weighted by molar-refractivity contribution is 5.78. The Balaban J connectivity index is -0.000000508. The first-order valence-electron chi connectivity index (χ1n) is 5.28. The minimum Gasteiger partial charge on any atom is -0.480 e. The SMILES string of the molecule is CC(N)=O.CCC(C(=O)O)N(CC(=O)O)CC(=O)O.N. The summed E-state index contributed by atoms with van der Waals surface area (Å²) in [7, 11) is 0. The molecule has 0 saturated heterocycles. The van der Waals surface area contributed by atoms with E-state index in [1.165, 1.54) is 6.92 Å². The fraction of sp³-hybridized carbons (Fsp3) is 0.600. The molecule has 0 aromatic carbocycles. The molecule has 0 aromatic rings. The fourth-order valence-electron chi connectivity index (χ4n) is 1.21. The molecular weight excluding hydrogens is 274 g/mol. The van der Waals surface area contributed by atoms with Crippen LogP contribution in [-0.4, -0.2) is 63.2 Å². The maximum Gasteiger partial charge on any atom is 0.320 e. The van der Waals surface area contributed by atoms with E-state index in [0.29, 0.717) is 0 Å². The van der Waals surface area contributed by atoms with Crippen LogP contribution in [0.3, 0.4) is 0 Å². The summed E-state index contributed by atoms with van der Waals surface area (Å²) in [6, 6.07) is -1.09. The molecule has 0 bridgehead atoms. The van der Waals surface area contributed by atoms with Crippen molar-refractivity contribution in [2.24, 2.45) is 5.73 Å². The monoisotopic (exact) mass is 295 g/mol. The lowest BCUT2D eigenvalue weighted by molar-refractivity contribution is -0.149. The summed E-state index contributed by atoms with van der Waals surface area (Å²) >= 11 is 0. The van der Waals surface area contributed by atoms with Gasteiger partial charge in [-0.3, -0.25) is 24.1 Å². The summed E-state index contributed by atoms with van der Waals surface area (Å²) < 4.78 is 0. The van der Waals surface area contributed by atoms with Gasteiger partial charge >= 0.3 is 17.9 Å². The van der Waals surface area contributed by atoms with Crippen LogP contribution in [0.4, 0.5) is 0 Å². The molecule has 8 N–H and O–H groups in total. The lowest BCUT2D eigenvalue weighted by Crippen LogP contribution is -2.46. The molecule has 0 heterocycles. The van der Waals surface area contributed by atoms with Crippen molar-refractivity contribution in [3.8, 4) is 0 Å². The minimum atomic E-state index is -1.25. The van der Waals surface area contributed by atoms with Gasteiger partial charge in [-0.2, -0.15) is 0 Å². The lowest BCUT2D eigenvalue weighted by Gasteiger charge is -2.24. The molecule has 10 heteroatoms. The third kappa shape index (κ3) is 13.9. The molecule has 20 heavy (non-hydrogen) atoms. The molecule has 1 amide bonds. The summed E-state index contributed by atoms with van der Waals surface area (Å²) in [5.41, 5.74) is 4.47. The number of amides is 1. The van der Waals surface area contributed by atoms with Crippen molar-refractivity contribution in [3.63, 3.8) is 0 Å². The van der Waals surface area contributed by atoms with Gasteiger partial charge < -0.3 is 27.2 Å². The van der Waals surface area contributed by atoms with Crippen LogP contribution in [0.5, 0.6) is 0 Å². The number of hydrogen-bond donors (Lipinski definition) is 5. The number of hydrogen-bond acceptors (Lipinski definition) is 6. The number of aliphatic carboxylic acids is 3. The Morgan fingerprint density at radius 2 is 1.35 bits per heavy atom. The zero-order valence-corrected chi connectivity index (χ0v) is 11.4. The quantitative estimate of drug-likeness (QED) is 0.390. The van der Waals surface area contributed by atoms with E-state index >= 15 is 0 Å². The van der Waals surface area contributed by atoms with E-state index in [9.17, 15) is 19.2 Å². The number of carbonyl (C=O) groups excluding carboxylic acids is 1. The molecule has 0 aromatic heterocycles. The van der Waals surface area contributed by atoms with Gasteiger partial charge in [0.25, 0.3) is 0 Å². The Morgan fingerprint density at radius 3 is 1.50 bits per heavy atom. The Kier molecular flexibility index (Phi) is 13.6. The number of rotatable bonds is 7. The van der Waals surface area contributed by atoms with Crippen LogP contribution in [-0.2, 0) is 19.2 Å². The highest BCUT2D eigenvalue weighted by atomic mass is 16.4. The second kappa shape index (κ2) is 11.9. The summed E-state index contributed by atoms with van der Waals surface area (Å²) in [6.07, 6.45) is 0.149. The van der Waals surface area contributed by atoms with Crippen LogP contribution in [0.1, 0.15) is 20.3 Å². The van der Waals surface area contributed by atoms with Gasteiger partial charge in [0.1, 0.15) is 6.04 Å². The Labute approximate surface area is 115 Å². The smallest absolute Gasteiger partial charge is 0.320 e. The molecule has 118 valence electrons. The molecule has 0 saturated carbocycles. The van der Waals surface area contributed by atoms with Gasteiger partial charge in [-0.05, 0) is 6.42 Å². The van der Waals surface area contributed by atoms with Crippen molar-refractivity contribution >= 4 is 23.8 Å². The number of carboxylic acids is 3. The molecule has 0 rings (SSSR count). The van der Waals surface area contributed by atoms with Crippen LogP contribution in [0.25, 0.3) is 0 Å². The van der Waals surface area contributed by atoms with Crippen LogP contribution >= 0.6 is 0 Å². The topological polar surface area (TPSA) is 193 Å². The van der Waals surface area contributed by atoms with Gasteiger partial charge in [-0.1, -0.05) is 6.92 Å². The average molecular weight is 295 g/mol. The van der Waals surface area contributed by atoms with E-state index in [1.54, 1.807) is 6.92 Å². The first kappa shape index (κ1) is 22.9. The van der Waals surface area contributed by atoms with Crippen molar-refractivity contribution < 1.29 is 34.5 Å². The molecular formula is C10H21N3O7. The Hall–Kier alpha value is -2.20. The van der Waals surface area contributed by atoms with E-state index < -0.39 is 37.0 Å². The minimum absolute atomic E-state index is 0. The van der Waals surface area contributed by atoms with Gasteiger partial charge in [-0.15, -0.1) is 0 Å². The molecule has 1 unspecified atom stereocenters. The molecule has 1 atom stereocenters. The number of nitrogens with zero attached hydrogens (tertiary/aromatic N) is 1. The zero-order valence-electron chi connectivity index (χ0n) is 11.4. The van der Waals surface area contributed by atoms with E-state index in [4.69, 9.17) is 15.3 Å². The van der Waals surface area contributed by atoms with Crippen LogP contribution < -0.4 is 11.9 Å². The number of nitrogens with two attached hydrogens (primary N) is 1. The Bertz CT molecular complexity index is 326. The summed E-state index contributed by atoms with van der Waals surface area (Å²) in [5, 5.41) is 25.7. The lowest BCUT2D eigenvalue weighted by atomic mass is 10.2. The normalized spacial score (nSPS) is 10.6. The Morgan fingerprint density at radius 1 is 1.05 bits per heavy atom. The molecule has 10 nitrogen and oxygen atoms in total. The predicted octanol–water partition coefficient (Wildman–Crippen LogP) is -1.03. The van der Waals surface area contributed by atoms with E-state index in [2.05, 4.69) is 5.73 Å². The predicted molar refractivity (Wildman–Crippen MR) is 68.4 cm³/mol. The highest BCUT2D eigenvalue weighted by Crippen LogP contribution is 2.04. The van der Waals surface area contributed by atoms with Crippen molar-refractivity contribution in [2.75, 3.05) is 13.1 Å². The first-order valence-corrected chi connectivity index (χ1v) is 5.28. The average Bonchev–Trinajstić information content (AvgIpc) is 2.14. The van der Waals surface area contributed by atoms with Gasteiger partial charge in [-0.25, -0.2) is 0 Å². The zero-order chi connectivity index (χ0) is 15.6. The number of primary amides is 1.